The van der Waals surface area contributed by atoms with Crippen molar-refractivity contribution in [2.45, 2.75) is 12.8 Å². The summed E-state index contributed by atoms with van der Waals surface area (Å²) < 4.78 is 0. The Labute approximate surface area is 118 Å². The second-order valence-electron chi connectivity index (χ2n) is 5.22. The highest BCUT2D eigenvalue weighted by Crippen LogP contribution is 2.20. The molecule has 1 atom stereocenters. The number of nitrogens with one attached hydrogen (secondary N) is 1. The average molecular weight is 282 g/mol. The number of nitrogens with zero attached hydrogens (tertiary/aromatic N) is 1. The maximum atomic E-state index is 12.0. The Morgan fingerprint density at radius 2 is 2.37 bits per heavy atom. The van der Waals surface area contributed by atoms with Gasteiger partial charge in [0.1, 0.15) is 0 Å². The highest BCUT2D eigenvalue weighted by molar-refractivity contribution is 6.33. The first-order valence-corrected chi connectivity index (χ1v) is 6.96. The van der Waals surface area contributed by atoms with E-state index in [-0.39, 0.29) is 5.91 Å². The number of likely N-dealkylation sites (tertiary alicyclic amines) is 1. The smallest absolute Gasteiger partial charge is 0.251 e. The number of nitrogens with two attached hydrogens (primary N) is 1. The first kappa shape index (κ1) is 14.2. The van der Waals surface area contributed by atoms with Gasteiger partial charge in [0.2, 0.25) is 0 Å². The van der Waals surface area contributed by atoms with Crippen LogP contribution in [0.2, 0.25) is 5.02 Å². The van der Waals surface area contributed by atoms with Gasteiger partial charge < -0.3 is 16.0 Å². The maximum Gasteiger partial charge on any atom is 0.251 e. The molecule has 1 aliphatic heterocycles. The molecule has 5 heteroatoms. The summed E-state index contributed by atoms with van der Waals surface area (Å²) in [5.41, 5.74) is 6.68. The molecule has 0 aromatic heterocycles. The number of nitrogen functional groups attached to an aromatic ring is 1. The van der Waals surface area contributed by atoms with Gasteiger partial charge in [0.15, 0.2) is 0 Å². The van der Waals surface area contributed by atoms with Crippen LogP contribution < -0.4 is 11.1 Å². The predicted molar refractivity (Wildman–Crippen MR) is 78.4 cm³/mol. The largest absolute Gasteiger partial charge is 0.398 e. The molecule has 0 bridgehead atoms. The number of carbonyl (C=O) groups excluding carboxylic acids is 1. The summed E-state index contributed by atoms with van der Waals surface area (Å²) >= 11 is 5.91. The van der Waals surface area contributed by atoms with Crippen LogP contribution in [0.1, 0.15) is 23.2 Å². The molecular formula is C14H20ClN3O. The maximum absolute atomic E-state index is 12.0. The fourth-order valence-corrected chi connectivity index (χ4v) is 2.63. The van der Waals surface area contributed by atoms with Crippen LogP contribution in [0.5, 0.6) is 0 Å². The van der Waals surface area contributed by atoms with Gasteiger partial charge >= 0.3 is 0 Å². The highest BCUT2D eigenvalue weighted by Gasteiger charge is 2.18. The second kappa shape index (κ2) is 6.26. The lowest BCUT2D eigenvalue weighted by Crippen LogP contribution is -2.39. The van der Waals surface area contributed by atoms with Crippen LogP contribution >= 0.6 is 11.6 Å². The minimum absolute atomic E-state index is 0.0878. The van der Waals surface area contributed by atoms with Gasteiger partial charge in [0, 0.05) is 18.7 Å². The van der Waals surface area contributed by atoms with Gasteiger partial charge in [-0.15, -0.1) is 0 Å². The van der Waals surface area contributed by atoms with Crippen LogP contribution in [-0.2, 0) is 0 Å². The van der Waals surface area contributed by atoms with E-state index in [1.807, 2.05) is 0 Å². The molecule has 1 heterocycles. The molecule has 1 saturated heterocycles. The molecule has 3 N–H and O–H groups in total. The summed E-state index contributed by atoms with van der Waals surface area (Å²) in [5.74, 6) is 0.446. The van der Waals surface area contributed by atoms with Gasteiger partial charge in [-0.2, -0.15) is 0 Å². The van der Waals surface area contributed by atoms with E-state index in [4.69, 9.17) is 17.3 Å². The Hall–Kier alpha value is -1.26. The number of piperidine rings is 1. The third-order valence-electron chi connectivity index (χ3n) is 3.54. The molecule has 2 rings (SSSR count). The van der Waals surface area contributed by atoms with Crippen molar-refractivity contribution < 1.29 is 4.79 Å². The van der Waals surface area contributed by atoms with Crippen molar-refractivity contribution >= 4 is 23.2 Å². The number of halogens is 1. The molecule has 1 amide bonds. The zero-order valence-electron chi connectivity index (χ0n) is 11.2. The van der Waals surface area contributed by atoms with Crippen molar-refractivity contribution in [2.75, 3.05) is 32.4 Å². The Morgan fingerprint density at radius 3 is 3.05 bits per heavy atom. The number of hydrogen-bond acceptors (Lipinski definition) is 3. The summed E-state index contributed by atoms with van der Waals surface area (Å²) in [7, 11) is 2.12. The standard InChI is InChI=1S/C14H20ClN3O/c1-18-6-2-3-10(9-18)8-17-14(19)11-4-5-13(16)12(15)7-11/h4-5,7,10H,2-3,6,8-9,16H2,1H3,(H,17,19). The van der Waals surface area contributed by atoms with Crippen molar-refractivity contribution in [2.24, 2.45) is 5.92 Å². The Bertz CT molecular complexity index is 464. The molecule has 1 unspecified atom stereocenters. The Balaban J connectivity index is 1.88. The van der Waals surface area contributed by atoms with E-state index in [0.29, 0.717) is 28.7 Å². The van der Waals surface area contributed by atoms with Gasteiger partial charge in [-0.1, -0.05) is 11.6 Å². The summed E-state index contributed by atoms with van der Waals surface area (Å²) in [4.78, 5) is 14.3. The highest BCUT2D eigenvalue weighted by atomic mass is 35.5. The van der Waals surface area contributed by atoms with Crippen LogP contribution in [0, 0.1) is 5.92 Å². The van der Waals surface area contributed by atoms with E-state index in [1.165, 1.54) is 12.8 Å². The van der Waals surface area contributed by atoms with Gasteiger partial charge in [0.05, 0.1) is 10.7 Å². The first-order chi connectivity index (χ1) is 9.06. The number of amides is 1. The second-order valence-corrected chi connectivity index (χ2v) is 5.62. The number of carbonyl (C=O) groups is 1. The van der Waals surface area contributed by atoms with Crippen molar-refractivity contribution in [3.8, 4) is 0 Å². The molecule has 1 aliphatic rings. The normalized spacial score (nSPS) is 20.2. The predicted octanol–water partition coefficient (Wildman–Crippen LogP) is 1.99. The van der Waals surface area contributed by atoms with Gasteiger partial charge in [-0.05, 0) is 50.6 Å². The van der Waals surface area contributed by atoms with Crippen LogP contribution in [0.15, 0.2) is 18.2 Å². The average Bonchev–Trinajstić information content (AvgIpc) is 2.39. The minimum atomic E-state index is -0.0878. The molecule has 19 heavy (non-hydrogen) atoms. The molecule has 4 nitrogen and oxygen atoms in total. The molecule has 104 valence electrons. The summed E-state index contributed by atoms with van der Waals surface area (Å²) in [6, 6.07) is 4.97. The molecule has 1 aromatic rings. The Kier molecular flexibility index (Phi) is 4.66. The molecule has 1 fully saturated rings. The molecule has 0 spiro atoms. The van der Waals surface area contributed by atoms with E-state index in [9.17, 15) is 4.79 Å². The van der Waals surface area contributed by atoms with Gasteiger partial charge in [-0.25, -0.2) is 0 Å². The monoisotopic (exact) mass is 281 g/mol. The van der Waals surface area contributed by atoms with Crippen molar-refractivity contribution in [1.29, 1.82) is 0 Å². The topological polar surface area (TPSA) is 58.4 Å². The van der Waals surface area contributed by atoms with Crippen LogP contribution in [0.4, 0.5) is 5.69 Å². The molecular weight excluding hydrogens is 262 g/mol. The zero-order chi connectivity index (χ0) is 13.8. The summed E-state index contributed by atoms with van der Waals surface area (Å²) in [5, 5.41) is 3.39. The van der Waals surface area contributed by atoms with Crippen molar-refractivity contribution in [1.82, 2.24) is 10.2 Å². The number of hydrogen-bond donors (Lipinski definition) is 2. The van der Waals surface area contributed by atoms with Crippen LogP contribution in [0.25, 0.3) is 0 Å². The first-order valence-electron chi connectivity index (χ1n) is 6.58. The van der Waals surface area contributed by atoms with E-state index < -0.39 is 0 Å². The zero-order valence-corrected chi connectivity index (χ0v) is 11.9. The van der Waals surface area contributed by atoms with Gasteiger partial charge in [-0.3, -0.25) is 4.79 Å². The molecule has 0 aliphatic carbocycles. The van der Waals surface area contributed by atoms with Crippen LogP contribution in [0.3, 0.4) is 0 Å². The minimum Gasteiger partial charge on any atom is -0.398 e. The van der Waals surface area contributed by atoms with E-state index in [2.05, 4.69) is 17.3 Å². The number of rotatable bonds is 3. The SMILES string of the molecule is CN1CCCC(CNC(=O)c2ccc(N)c(Cl)c2)C1. The van der Waals surface area contributed by atoms with Crippen molar-refractivity contribution in [3.05, 3.63) is 28.8 Å². The van der Waals surface area contributed by atoms with E-state index >= 15 is 0 Å². The summed E-state index contributed by atoms with van der Waals surface area (Å²) in [6.07, 6.45) is 2.37. The Morgan fingerprint density at radius 1 is 1.58 bits per heavy atom. The van der Waals surface area contributed by atoms with E-state index in [1.54, 1.807) is 18.2 Å². The number of benzene rings is 1. The third-order valence-corrected chi connectivity index (χ3v) is 3.86. The molecule has 0 radical (unpaired) electrons. The fourth-order valence-electron chi connectivity index (χ4n) is 2.45. The lowest BCUT2D eigenvalue weighted by molar-refractivity contribution is 0.0937. The van der Waals surface area contributed by atoms with Crippen LogP contribution in [-0.4, -0.2) is 37.5 Å². The summed E-state index contributed by atoms with van der Waals surface area (Å²) in [6.45, 7) is 2.91. The van der Waals surface area contributed by atoms with Crippen molar-refractivity contribution in [3.63, 3.8) is 0 Å². The van der Waals surface area contributed by atoms with E-state index in [0.717, 1.165) is 13.1 Å². The van der Waals surface area contributed by atoms with Gasteiger partial charge in [0.25, 0.3) is 5.91 Å². The fraction of sp³-hybridized carbons (Fsp3) is 0.500. The molecule has 1 aromatic carbocycles. The quantitative estimate of drug-likeness (QED) is 0.833. The number of anilines is 1. The molecule has 0 saturated carbocycles. The third kappa shape index (κ3) is 3.85. The lowest BCUT2D eigenvalue weighted by atomic mass is 9.98. The lowest BCUT2D eigenvalue weighted by Gasteiger charge is -2.29.